The highest BCUT2D eigenvalue weighted by Crippen LogP contribution is 2.69. The van der Waals surface area contributed by atoms with Gasteiger partial charge in [-0.05, 0) is 62.0 Å². The second kappa shape index (κ2) is 6.98. The number of halogens is 2. The number of rotatable bonds is 1. The molecule has 4 aliphatic carbocycles. The highest BCUT2D eigenvalue weighted by Gasteiger charge is 2.72. The van der Waals surface area contributed by atoms with Crippen molar-refractivity contribution >= 4 is 11.6 Å². The van der Waals surface area contributed by atoms with Crippen LogP contribution < -0.4 is 0 Å². The van der Waals surface area contributed by atoms with Gasteiger partial charge in [-0.2, -0.15) is 0 Å². The molecule has 28 heavy (non-hydrogen) atoms. The van der Waals surface area contributed by atoms with E-state index >= 15 is 8.78 Å². The molecular weight excluding hydrogens is 366 g/mol. The average Bonchev–Trinajstić information content (AvgIpc) is 2.98. The Morgan fingerprint density at radius 3 is 2.46 bits per heavy atom. The lowest BCUT2D eigenvalue weighted by Crippen LogP contribution is -2.68. The second-order valence-electron chi connectivity index (χ2n) is 9.55. The topological polar surface area (TPSA) is 74.6 Å². The molecule has 0 heterocycles. The summed E-state index contributed by atoms with van der Waals surface area (Å²) in [5, 5.41) is 18.0. The number of carbonyl (C=O) groups excluding carboxylic acids is 2. The van der Waals surface area contributed by atoms with Crippen LogP contribution in [0.1, 0.15) is 59.3 Å². The number of aliphatic hydroxyl groups is 2. The molecular formula is C22H32F2O4. The van der Waals surface area contributed by atoms with Crippen LogP contribution in [0.25, 0.3) is 0 Å². The number of hydrogen-bond acceptors (Lipinski definition) is 4. The SMILES string of the molecule is CC(=O)C1CCC2C3C[C@H](F)C4=CC(=O)CCC4(C)[C@@]3(F)C(O)CC12C.CO. The van der Waals surface area contributed by atoms with Crippen molar-refractivity contribution in [1.82, 2.24) is 0 Å². The molecule has 0 saturated heterocycles. The summed E-state index contributed by atoms with van der Waals surface area (Å²) in [5.74, 6) is -1.00. The molecule has 0 amide bonds. The normalized spacial score (nSPS) is 49.8. The van der Waals surface area contributed by atoms with Crippen molar-refractivity contribution in [3.05, 3.63) is 11.6 Å². The molecule has 2 N–H and O–H groups in total. The largest absolute Gasteiger partial charge is 0.400 e. The van der Waals surface area contributed by atoms with E-state index in [2.05, 4.69) is 0 Å². The Morgan fingerprint density at radius 2 is 1.86 bits per heavy atom. The predicted molar refractivity (Wildman–Crippen MR) is 101 cm³/mol. The monoisotopic (exact) mass is 398 g/mol. The maximum absolute atomic E-state index is 16.7. The standard InChI is InChI=1S/C21H28F2O3.CH4O/c1-11(24)13-4-5-14-15-9-17(22)16-8-12(25)6-7-20(16,3)21(15,23)18(26)10-19(13,14)2;1-2/h8,13-15,17-18,26H,4-7,9-10H2,1-3H3;2H,1H3/t13?,14?,15?,17-,18?,19?,20?,21-;/m0./s1. The van der Waals surface area contributed by atoms with Crippen molar-refractivity contribution in [1.29, 1.82) is 0 Å². The molecule has 3 saturated carbocycles. The van der Waals surface area contributed by atoms with Gasteiger partial charge in [0.1, 0.15) is 17.6 Å². The van der Waals surface area contributed by atoms with Crippen molar-refractivity contribution in [2.75, 3.05) is 7.11 Å². The van der Waals surface area contributed by atoms with E-state index in [0.717, 1.165) is 7.11 Å². The molecule has 0 radical (unpaired) electrons. The molecule has 0 aromatic heterocycles. The fourth-order valence-corrected chi connectivity index (χ4v) is 7.23. The van der Waals surface area contributed by atoms with E-state index in [1.54, 1.807) is 13.8 Å². The van der Waals surface area contributed by atoms with E-state index in [-0.39, 0.29) is 54.7 Å². The highest BCUT2D eigenvalue weighted by atomic mass is 19.1. The maximum Gasteiger partial charge on any atom is 0.155 e. The van der Waals surface area contributed by atoms with Gasteiger partial charge in [0.05, 0.1) is 6.10 Å². The van der Waals surface area contributed by atoms with Crippen molar-refractivity contribution in [2.24, 2.45) is 28.6 Å². The minimum absolute atomic E-state index is 0.00680. The van der Waals surface area contributed by atoms with Crippen molar-refractivity contribution < 1.29 is 28.6 Å². The van der Waals surface area contributed by atoms with E-state index in [9.17, 15) is 14.7 Å². The van der Waals surface area contributed by atoms with Gasteiger partial charge in [0.2, 0.25) is 0 Å². The zero-order chi connectivity index (χ0) is 21.1. The molecule has 6 unspecified atom stereocenters. The van der Waals surface area contributed by atoms with Gasteiger partial charge >= 0.3 is 0 Å². The summed E-state index contributed by atoms with van der Waals surface area (Å²) in [7, 11) is 1.00. The van der Waals surface area contributed by atoms with Crippen LogP contribution in [0.3, 0.4) is 0 Å². The van der Waals surface area contributed by atoms with Crippen molar-refractivity contribution in [2.45, 2.75) is 77.2 Å². The molecule has 0 aromatic carbocycles. The molecule has 3 fully saturated rings. The van der Waals surface area contributed by atoms with Crippen LogP contribution >= 0.6 is 0 Å². The van der Waals surface area contributed by atoms with Crippen LogP contribution in [0.4, 0.5) is 8.78 Å². The molecule has 4 nitrogen and oxygen atoms in total. The Bertz CT molecular complexity index is 707. The Morgan fingerprint density at radius 1 is 1.21 bits per heavy atom. The fourth-order valence-electron chi connectivity index (χ4n) is 7.23. The second-order valence-corrected chi connectivity index (χ2v) is 9.55. The number of fused-ring (bicyclic) bond motifs is 5. The summed E-state index contributed by atoms with van der Waals surface area (Å²) in [6.07, 6.45) is 0.717. The smallest absolute Gasteiger partial charge is 0.155 e. The van der Waals surface area contributed by atoms with Crippen LogP contribution in [0.2, 0.25) is 0 Å². The Hall–Kier alpha value is -1.14. The number of carbonyl (C=O) groups is 2. The summed E-state index contributed by atoms with van der Waals surface area (Å²) in [6, 6.07) is 0. The van der Waals surface area contributed by atoms with Gasteiger partial charge in [-0.15, -0.1) is 0 Å². The van der Waals surface area contributed by atoms with Crippen LogP contribution in [0.15, 0.2) is 11.6 Å². The predicted octanol–water partition coefficient (Wildman–Crippen LogP) is 3.34. The fraction of sp³-hybridized carbons (Fsp3) is 0.818. The molecule has 0 aliphatic heterocycles. The summed E-state index contributed by atoms with van der Waals surface area (Å²) >= 11 is 0. The van der Waals surface area contributed by atoms with Crippen LogP contribution in [-0.2, 0) is 9.59 Å². The zero-order valence-corrected chi connectivity index (χ0v) is 17.2. The third-order valence-corrected chi connectivity index (χ3v) is 8.51. The summed E-state index contributed by atoms with van der Waals surface area (Å²) < 4.78 is 31.8. The number of hydrogen-bond donors (Lipinski definition) is 2. The first-order chi connectivity index (χ1) is 13.1. The van der Waals surface area contributed by atoms with Crippen LogP contribution in [-0.4, -0.2) is 46.8 Å². The Kier molecular flexibility index (Phi) is 5.37. The van der Waals surface area contributed by atoms with Gasteiger partial charge in [-0.1, -0.05) is 13.8 Å². The number of aliphatic hydroxyl groups excluding tert-OH is 2. The van der Waals surface area contributed by atoms with Crippen LogP contribution in [0, 0.1) is 28.6 Å². The first-order valence-corrected chi connectivity index (χ1v) is 10.3. The Balaban J connectivity index is 0.00000109. The number of allylic oxidation sites excluding steroid dienone is 1. The molecule has 0 bridgehead atoms. The van der Waals surface area contributed by atoms with Gasteiger partial charge in [-0.25, -0.2) is 8.78 Å². The molecule has 4 rings (SSSR count). The quantitative estimate of drug-likeness (QED) is 0.710. The average molecular weight is 398 g/mol. The lowest BCUT2D eigenvalue weighted by atomic mass is 9.44. The van der Waals surface area contributed by atoms with Gasteiger partial charge in [-0.3, -0.25) is 9.59 Å². The summed E-state index contributed by atoms with van der Waals surface area (Å²) in [6.45, 7) is 5.23. The lowest BCUT2D eigenvalue weighted by molar-refractivity contribution is -0.214. The third kappa shape index (κ3) is 2.59. The zero-order valence-electron chi connectivity index (χ0n) is 17.2. The molecule has 6 heteroatoms. The van der Waals surface area contributed by atoms with E-state index < -0.39 is 34.7 Å². The molecule has 8 atom stereocenters. The minimum atomic E-state index is -1.95. The highest BCUT2D eigenvalue weighted by molar-refractivity contribution is 5.92. The van der Waals surface area contributed by atoms with Crippen molar-refractivity contribution in [3.8, 4) is 0 Å². The van der Waals surface area contributed by atoms with Gasteiger partial charge in [0, 0.05) is 30.8 Å². The lowest BCUT2D eigenvalue weighted by Gasteiger charge is -2.63. The van der Waals surface area contributed by atoms with E-state index in [0.29, 0.717) is 12.8 Å². The van der Waals surface area contributed by atoms with Gasteiger partial charge < -0.3 is 10.2 Å². The Labute approximate surface area is 165 Å². The molecule has 4 aliphatic rings. The minimum Gasteiger partial charge on any atom is -0.400 e. The number of Topliss-reactive ketones (excluding diaryl/α,β-unsaturated/α-hetero) is 1. The van der Waals surface area contributed by atoms with Gasteiger partial charge in [0.25, 0.3) is 0 Å². The van der Waals surface area contributed by atoms with E-state index in [1.165, 1.54) is 6.08 Å². The molecule has 0 spiro atoms. The van der Waals surface area contributed by atoms with Crippen LogP contribution in [0.5, 0.6) is 0 Å². The molecule has 158 valence electrons. The van der Waals surface area contributed by atoms with E-state index in [1.807, 2.05) is 6.92 Å². The first-order valence-electron chi connectivity index (χ1n) is 10.3. The number of ketones is 2. The summed E-state index contributed by atoms with van der Waals surface area (Å²) in [5.41, 5.74) is -3.35. The first kappa shape index (κ1) is 21.6. The van der Waals surface area contributed by atoms with E-state index in [4.69, 9.17) is 5.11 Å². The number of alkyl halides is 2. The summed E-state index contributed by atoms with van der Waals surface area (Å²) in [4.78, 5) is 24.0. The molecule has 0 aromatic rings. The third-order valence-electron chi connectivity index (χ3n) is 8.51. The van der Waals surface area contributed by atoms with Crippen molar-refractivity contribution in [3.63, 3.8) is 0 Å². The van der Waals surface area contributed by atoms with Gasteiger partial charge in [0.15, 0.2) is 5.78 Å². The maximum atomic E-state index is 16.7.